The van der Waals surface area contributed by atoms with Crippen molar-refractivity contribution >= 4 is 0 Å². The van der Waals surface area contributed by atoms with Crippen LogP contribution in [0.3, 0.4) is 0 Å². The van der Waals surface area contributed by atoms with Gasteiger partial charge in [-0.25, -0.2) is 0 Å². The second kappa shape index (κ2) is 2.50. The van der Waals surface area contributed by atoms with Crippen LogP contribution in [0.2, 0.25) is 0 Å². The van der Waals surface area contributed by atoms with Gasteiger partial charge in [-0.1, -0.05) is 24.8 Å². The highest BCUT2D eigenvalue weighted by Gasteiger charge is 2.49. The number of hydrogen-bond acceptors (Lipinski definition) is 1. The lowest BCUT2D eigenvalue weighted by Crippen LogP contribution is -2.25. The zero-order valence-electron chi connectivity index (χ0n) is 7.60. The van der Waals surface area contributed by atoms with Gasteiger partial charge in [0, 0.05) is 5.92 Å². The highest BCUT2D eigenvalue weighted by atomic mass is 16.5. The molecule has 0 aromatic rings. The minimum Gasteiger partial charge on any atom is -0.494 e. The highest BCUT2D eigenvalue weighted by Crippen LogP contribution is 2.53. The molecule has 0 amide bonds. The van der Waals surface area contributed by atoms with E-state index >= 15 is 0 Å². The second-order valence-corrected chi connectivity index (χ2v) is 4.26. The van der Waals surface area contributed by atoms with Crippen LogP contribution in [0, 0.1) is 23.7 Å². The zero-order valence-corrected chi connectivity index (χ0v) is 7.60. The summed E-state index contributed by atoms with van der Waals surface area (Å²) >= 11 is 0. The first-order chi connectivity index (χ1) is 6.40. The minimum atomic E-state index is 0.294. The zero-order chi connectivity index (χ0) is 8.84. The van der Waals surface area contributed by atoms with E-state index < -0.39 is 0 Å². The molecule has 5 atom stereocenters. The topological polar surface area (TPSA) is 9.23 Å². The molecule has 0 aromatic heterocycles. The molecule has 0 radical (unpaired) electrons. The van der Waals surface area contributed by atoms with E-state index in [2.05, 4.69) is 30.9 Å². The average Bonchev–Trinajstić information content (AvgIpc) is 2.74. The van der Waals surface area contributed by atoms with Crippen molar-refractivity contribution in [1.29, 1.82) is 0 Å². The van der Waals surface area contributed by atoms with Gasteiger partial charge in [-0.15, -0.1) is 0 Å². The molecule has 0 N–H and O–H groups in total. The fourth-order valence-corrected chi connectivity index (χ4v) is 3.25. The maximum absolute atomic E-state index is 5.51. The van der Waals surface area contributed by atoms with Gasteiger partial charge in [0.1, 0.15) is 6.10 Å². The molecule has 68 valence electrons. The summed E-state index contributed by atoms with van der Waals surface area (Å²) in [4.78, 5) is 0. The molecule has 0 saturated heterocycles. The van der Waals surface area contributed by atoms with E-state index in [-0.39, 0.29) is 0 Å². The van der Waals surface area contributed by atoms with Crippen LogP contribution in [0.1, 0.15) is 6.42 Å². The van der Waals surface area contributed by atoms with Crippen LogP contribution in [-0.2, 0) is 4.74 Å². The normalized spacial score (nSPS) is 49.7. The molecule has 0 spiro atoms. The maximum atomic E-state index is 5.51. The summed E-state index contributed by atoms with van der Waals surface area (Å²) in [5.41, 5.74) is 0. The van der Waals surface area contributed by atoms with E-state index in [4.69, 9.17) is 4.74 Å². The van der Waals surface area contributed by atoms with Gasteiger partial charge in [0.05, 0.1) is 6.26 Å². The van der Waals surface area contributed by atoms with Gasteiger partial charge in [-0.3, -0.25) is 0 Å². The summed E-state index contributed by atoms with van der Waals surface area (Å²) < 4.78 is 5.51. The molecule has 3 rings (SSSR count). The molecule has 0 aromatic carbocycles. The molecule has 13 heavy (non-hydrogen) atoms. The van der Waals surface area contributed by atoms with Crippen molar-refractivity contribution in [3.05, 3.63) is 37.1 Å². The van der Waals surface area contributed by atoms with Gasteiger partial charge < -0.3 is 4.74 Å². The van der Waals surface area contributed by atoms with Gasteiger partial charge in [0.2, 0.25) is 0 Å². The summed E-state index contributed by atoms with van der Waals surface area (Å²) in [5.74, 6) is 3.01. The molecule has 1 fully saturated rings. The number of rotatable bonds is 2. The third-order valence-electron chi connectivity index (χ3n) is 3.74. The van der Waals surface area contributed by atoms with E-state index in [1.54, 1.807) is 6.26 Å². The van der Waals surface area contributed by atoms with Crippen LogP contribution >= 0.6 is 0 Å². The standard InChI is InChI=1S/C12H14O/c1-2-13-11-6-5-10-8-3-4-9(7-8)12(10)11/h2-6,8-12H,1,7H2/t8-,9+,10+,11-,12-/m0/s1. The molecule has 1 nitrogen and oxygen atoms in total. The molecule has 1 saturated carbocycles. The van der Waals surface area contributed by atoms with Gasteiger partial charge in [-0.2, -0.15) is 0 Å². The van der Waals surface area contributed by atoms with Crippen LogP contribution in [0.5, 0.6) is 0 Å². The SMILES string of the molecule is C=CO[C@H]1C=C[C@H]2[C@@H]1[C@@H]1C=C[C@H]2C1. The third kappa shape index (κ3) is 0.874. The molecular formula is C12H14O. The van der Waals surface area contributed by atoms with Gasteiger partial charge in [0.25, 0.3) is 0 Å². The van der Waals surface area contributed by atoms with E-state index in [0.29, 0.717) is 12.0 Å². The van der Waals surface area contributed by atoms with Crippen LogP contribution in [0.4, 0.5) is 0 Å². The Balaban J connectivity index is 1.87. The molecular weight excluding hydrogens is 160 g/mol. The summed E-state index contributed by atoms with van der Waals surface area (Å²) in [6.45, 7) is 3.63. The second-order valence-electron chi connectivity index (χ2n) is 4.26. The molecule has 3 aliphatic carbocycles. The first-order valence-electron chi connectivity index (χ1n) is 5.03. The number of fused-ring (bicyclic) bond motifs is 5. The number of allylic oxidation sites excluding steroid dienone is 3. The predicted octanol–water partition coefficient (Wildman–Crippen LogP) is 2.52. The van der Waals surface area contributed by atoms with E-state index in [9.17, 15) is 0 Å². The third-order valence-corrected chi connectivity index (χ3v) is 3.74. The lowest BCUT2D eigenvalue weighted by Gasteiger charge is -2.25. The van der Waals surface area contributed by atoms with Crippen LogP contribution < -0.4 is 0 Å². The quantitative estimate of drug-likeness (QED) is 0.461. The van der Waals surface area contributed by atoms with E-state index in [0.717, 1.165) is 17.8 Å². The van der Waals surface area contributed by atoms with Crippen LogP contribution in [0.15, 0.2) is 37.1 Å². The summed E-state index contributed by atoms with van der Waals surface area (Å²) in [6.07, 6.45) is 12.5. The first kappa shape index (κ1) is 7.43. The summed E-state index contributed by atoms with van der Waals surface area (Å²) in [5, 5.41) is 0. The van der Waals surface area contributed by atoms with Crippen molar-refractivity contribution in [3.63, 3.8) is 0 Å². The Morgan fingerprint density at radius 2 is 2.00 bits per heavy atom. The lowest BCUT2D eigenvalue weighted by molar-refractivity contribution is 0.110. The van der Waals surface area contributed by atoms with Crippen LogP contribution in [-0.4, -0.2) is 6.10 Å². The fraction of sp³-hybridized carbons (Fsp3) is 0.500. The summed E-state index contributed by atoms with van der Waals surface area (Å²) in [7, 11) is 0. The Kier molecular flexibility index (Phi) is 1.43. The fourth-order valence-electron chi connectivity index (χ4n) is 3.25. The van der Waals surface area contributed by atoms with E-state index in [1.807, 2.05) is 0 Å². The molecule has 0 aliphatic heterocycles. The first-order valence-corrected chi connectivity index (χ1v) is 5.03. The molecule has 1 heteroatoms. The molecule has 0 unspecified atom stereocenters. The van der Waals surface area contributed by atoms with E-state index in [1.165, 1.54) is 6.42 Å². The van der Waals surface area contributed by atoms with Crippen molar-refractivity contribution in [3.8, 4) is 0 Å². The number of ether oxygens (including phenoxy) is 1. The van der Waals surface area contributed by atoms with Crippen molar-refractivity contribution in [2.45, 2.75) is 12.5 Å². The van der Waals surface area contributed by atoms with Gasteiger partial charge in [-0.05, 0) is 30.3 Å². The minimum absolute atomic E-state index is 0.294. The largest absolute Gasteiger partial charge is 0.494 e. The highest BCUT2D eigenvalue weighted by molar-refractivity contribution is 5.25. The Bertz CT molecular complexity index is 289. The predicted molar refractivity (Wildman–Crippen MR) is 51.9 cm³/mol. The molecule has 3 aliphatic rings. The average molecular weight is 174 g/mol. The van der Waals surface area contributed by atoms with Crippen LogP contribution in [0.25, 0.3) is 0 Å². The smallest absolute Gasteiger partial charge is 0.120 e. The monoisotopic (exact) mass is 174 g/mol. The van der Waals surface area contributed by atoms with Gasteiger partial charge >= 0.3 is 0 Å². The Morgan fingerprint density at radius 1 is 1.15 bits per heavy atom. The Hall–Kier alpha value is -0.980. The Morgan fingerprint density at radius 3 is 2.85 bits per heavy atom. The number of hydrogen-bond donors (Lipinski definition) is 0. The van der Waals surface area contributed by atoms with Crippen molar-refractivity contribution in [2.75, 3.05) is 0 Å². The molecule has 2 bridgehead atoms. The van der Waals surface area contributed by atoms with Crippen molar-refractivity contribution < 1.29 is 4.74 Å². The lowest BCUT2D eigenvalue weighted by atomic mass is 9.84. The Labute approximate surface area is 78.8 Å². The van der Waals surface area contributed by atoms with Gasteiger partial charge in [0.15, 0.2) is 0 Å². The molecule has 0 heterocycles. The maximum Gasteiger partial charge on any atom is 0.120 e. The van der Waals surface area contributed by atoms with Crippen molar-refractivity contribution in [2.24, 2.45) is 23.7 Å². The van der Waals surface area contributed by atoms with Crippen molar-refractivity contribution in [1.82, 2.24) is 0 Å². The summed E-state index contributed by atoms with van der Waals surface area (Å²) in [6, 6.07) is 0.